The molecule has 4 fully saturated rings. The Labute approximate surface area is 213 Å². The van der Waals surface area contributed by atoms with E-state index in [1.165, 1.54) is 55.7 Å². The summed E-state index contributed by atoms with van der Waals surface area (Å²) in [7, 11) is 0. The van der Waals surface area contributed by atoms with Gasteiger partial charge in [0.1, 0.15) is 12.4 Å². The highest BCUT2D eigenvalue weighted by molar-refractivity contribution is 6.33. The molecule has 176 valence electrons. The van der Waals surface area contributed by atoms with Crippen molar-refractivity contribution in [2.75, 3.05) is 0 Å². The zero-order valence-electron chi connectivity index (χ0n) is 19.9. The summed E-state index contributed by atoms with van der Waals surface area (Å²) >= 11 is 6.75. The van der Waals surface area contributed by atoms with E-state index in [0.717, 1.165) is 40.2 Å². The van der Waals surface area contributed by atoms with E-state index in [4.69, 9.17) is 21.6 Å². The lowest BCUT2D eigenvalue weighted by atomic mass is 9.48. The van der Waals surface area contributed by atoms with Gasteiger partial charge in [0.05, 0.1) is 6.07 Å². The highest BCUT2D eigenvalue weighted by Crippen LogP contribution is 2.62. The Morgan fingerprint density at radius 3 is 2.29 bits per heavy atom. The Balaban J connectivity index is 1.39. The normalized spacial score (nSPS) is 26.7. The van der Waals surface area contributed by atoms with Crippen molar-refractivity contribution in [3.05, 3.63) is 94.5 Å². The summed E-state index contributed by atoms with van der Waals surface area (Å²) in [6.07, 6.45) is 11.4. The first-order valence-electron chi connectivity index (χ1n) is 12.8. The van der Waals surface area contributed by atoms with Crippen molar-refractivity contribution >= 4 is 17.7 Å². The molecule has 7 rings (SSSR count). The predicted molar refractivity (Wildman–Crippen MR) is 142 cm³/mol. The third kappa shape index (κ3) is 4.39. The SMILES string of the molecule is N#C/C=C/c1ccc(-c2ccc(OCc3ccccc3)c(C34CC5CC(CC(C5)C3)C4)c2)c(Cl)c1. The average Bonchev–Trinajstić information content (AvgIpc) is 2.86. The quantitative estimate of drug-likeness (QED) is 0.331. The van der Waals surface area contributed by atoms with Gasteiger partial charge in [0.2, 0.25) is 0 Å². The predicted octanol–water partition coefficient (Wildman–Crippen LogP) is 8.59. The molecule has 3 heteroatoms. The van der Waals surface area contributed by atoms with Crippen LogP contribution in [0.15, 0.2) is 72.8 Å². The molecular formula is C32H30ClNO. The number of rotatable bonds is 6. The fourth-order valence-electron chi connectivity index (χ4n) is 7.42. The van der Waals surface area contributed by atoms with Crippen molar-refractivity contribution < 1.29 is 4.74 Å². The second kappa shape index (κ2) is 9.21. The molecule has 2 nitrogen and oxygen atoms in total. The summed E-state index contributed by atoms with van der Waals surface area (Å²) in [5.41, 5.74) is 5.90. The minimum atomic E-state index is 0.221. The maximum atomic E-state index is 8.84. The molecule has 35 heavy (non-hydrogen) atoms. The summed E-state index contributed by atoms with van der Waals surface area (Å²) < 4.78 is 6.52. The van der Waals surface area contributed by atoms with Gasteiger partial charge in [0, 0.05) is 22.2 Å². The molecule has 0 spiro atoms. The number of benzene rings is 3. The lowest BCUT2D eigenvalue weighted by molar-refractivity contribution is -0.00645. The highest BCUT2D eigenvalue weighted by atomic mass is 35.5. The Kier molecular flexibility index (Phi) is 5.91. The van der Waals surface area contributed by atoms with Crippen LogP contribution in [0.5, 0.6) is 5.75 Å². The van der Waals surface area contributed by atoms with E-state index in [1.807, 2.05) is 24.3 Å². The molecule has 3 aromatic rings. The second-order valence-corrected chi connectivity index (χ2v) is 11.3. The van der Waals surface area contributed by atoms with Crippen molar-refractivity contribution in [3.8, 4) is 22.9 Å². The van der Waals surface area contributed by atoms with Crippen LogP contribution in [0.2, 0.25) is 5.02 Å². The van der Waals surface area contributed by atoms with Crippen LogP contribution in [-0.2, 0) is 12.0 Å². The number of hydrogen-bond acceptors (Lipinski definition) is 2. The standard InChI is InChI=1S/C32H30ClNO/c33-30-16-22(7-4-12-34)8-10-28(30)27-9-11-31(35-21-23-5-2-1-3-6-23)29(17-27)32-18-24-13-25(19-32)15-26(14-24)20-32/h1-11,16-17,24-26H,13-15,18-21H2/b7-4+. The number of nitrogens with zero attached hydrogens (tertiary/aromatic N) is 1. The fourth-order valence-corrected chi connectivity index (χ4v) is 7.71. The second-order valence-electron chi connectivity index (χ2n) is 10.9. The number of allylic oxidation sites excluding steroid dienone is 1. The van der Waals surface area contributed by atoms with Gasteiger partial charge in [0.25, 0.3) is 0 Å². The third-order valence-electron chi connectivity index (χ3n) is 8.48. The van der Waals surface area contributed by atoms with E-state index in [2.05, 4.69) is 48.5 Å². The molecule has 0 radical (unpaired) electrons. The molecule has 0 aromatic heterocycles. The van der Waals surface area contributed by atoms with E-state index in [1.54, 1.807) is 6.08 Å². The minimum absolute atomic E-state index is 0.221. The van der Waals surface area contributed by atoms with Crippen molar-refractivity contribution in [1.29, 1.82) is 5.26 Å². The Morgan fingerprint density at radius 1 is 0.914 bits per heavy atom. The van der Waals surface area contributed by atoms with Gasteiger partial charge in [-0.1, -0.05) is 60.1 Å². The molecular weight excluding hydrogens is 450 g/mol. The highest BCUT2D eigenvalue weighted by Gasteiger charge is 2.52. The molecule has 0 atom stereocenters. The van der Waals surface area contributed by atoms with Crippen LogP contribution < -0.4 is 4.74 Å². The van der Waals surface area contributed by atoms with Gasteiger partial charge in [-0.25, -0.2) is 0 Å². The van der Waals surface area contributed by atoms with E-state index in [-0.39, 0.29) is 5.41 Å². The smallest absolute Gasteiger partial charge is 0.123 e. The zero-order valence-corrected chi connectivity index (χ0v) is 20.7. The molecule has 0 unspecified atom stereocenters. The van der Waals surface area contributed by atoms with Gasteiger partial charge in [0.15, 0.2) is 0 Å². The average molecular weight is 480 g/mol. The molecule has 4 saturated carbocycles. The number of ether oxygens (including phenoxy) is 1. The molecule has 0 amide bonds. The van der Waals surface area contributed by atoms with E-state index < -0.39 is 0 Å². The fraction of sp³-hybridized carbons (Fsp3) is 0.344. The first-order valence-corrected chi connectivity index (χ1v) is 13.2. The topological polar surface area (TPSA) is 33.0 Å². The van der Waals surface area contributed by atoms with Gasteiger partial charge >= 0.3 is 0 Å². The Morgan fingerprint density at radius 2 is 1.63 bits per heavy atom. The molecule has 0 N–H and O–H groups in total. The molecule has 0 saturated heterocycles. The van der Waals surface area contributed by atoms with E-state index in [9.17, 15) is 0 Å². The van der Waals surface area contributed by atoms with Crippen molar-refractivity contribution in [3.63, 3.8) is 0 Å². The van der Waals surface area contributed by atoms with Crippen LogP contribution >= 0.6 is 11.6 Å². The molecule has 4 bridgehead atoms. The van der Waals surface area contributed by atoms with Crippen LogP contribution in [0.3, 0.4) is 0 Å². The summed E-state index contributed by atoms with van der Waals surface area (Å²) in [5, 5.41) is 9.55. The maximum Gasteiger partial charge on any atom is 0.123 e. The van der Waals surface area contributed by atoms with Crippen molar-refractivity contribution in [2.45, 2.75) is 50.5 Å². The minimum Gasteiger partial charge on any atom is -0.489 e. The van der Waals surface area contributed by atoms with Crippen LogP contribution in [0, 0.1) is 29.1 Å². The molecule has 0 heterocycles. The van der Waals surface area contributed by atoms with Crippen LogP contribution in [0.25, 0.3) is 17.2 Å². The number of hydrogen-bond donors (Lipinski definition) is 0. The largest absolute Gasteiger partial charge is 0.489 e. The van der Waals surface area contributed by atoms with Crippen LogP contribution in [0.4, 0.5) is 0 Å². The molecule has 4 aliphatic carbocycles. The van der Waals surface area contributed by atoms with Crippen molar-refractivity contribution in [2.24, 2.45) is 17.8 Å². The van der Waals surface area contributed by atoms with Crippen molar-refractivity contribution in [1.82, 2.24) is 0 Å². The molecule has 0 aliphatic heterocycles. The first kappa shape index (κ1) is 22.4. The van der Waals surface area contributed by atoms with Gasteiger partial charge in [-0.05, 0) is 103 Å². The monoisotopic (exact) mass is 479 g/mol. The van der Waals surface area contributed by atoms with Gasteiger partial charge in [-0.3, -0.25) is 0 Å². The maximum absolute atomic E-state index is 8.84. The van der Waals surface area contributed by atoms with Gasteiger partial charge < -0.3 is 4.74 Å². The van der Waals surface area contributed by atoms with Gasteiger partial charge in [-0.2, -0.15) is 5.26 Å². The summed E-state index contributed by atoms with van der Waals surface area (Å²) in [4.78, 5) is 0. The van der Waals surface area contributed by atoms with E-state index in [0.29, 0.717) is 11.6 Å². The Bertz CT molecular complexity index is 1270. The summed E-state index contributed by atoms with van der Waals surface area (Å²) in [6, 6.07) is 25.2. The van der Waals surface area contributed by atoms with Crippen LogP contribution in [0.1, 0.15) is 55.2 Å². The lowest BCUT2D eigenvalue weighted by Gasteiger charge is -2.57. The zero-order chi connectivity index (χ0) is 23.8. The third-order valence-corrected chi connectivity index (χ3v) is 8.79. The summed E-state index contributed by atoms with van der Waals surface area (Å²) in [5.74, 6) is 3.62. The summed E-state index contributed by atoms with van der Waals surface area (Å²) in [6.45, 7) is 0.584. The molecule has 3 aromatic carbocycles. The first-order chi connectivity index (χ1) is 17.1. The molecule has 4 aliphatic rings. The number of halogens is 1. The van der Waals surface area contributed by atoms with E-state index >= 15 is 0 Å². The number of nitriles is 1. The van der Waals surface area contributed by atoms with Gasteiger partial charge in [-0.15, -0.1) is 0 Å². The lowest BCUT2D eigenvalue weighted by Crippen LogP contribution is -2.48. The van der Waals surface area contributed by atoms with Crippen LogP contribution in [-0.4, -0.2) is 0 Å². The Hall–Kier alpha value is -3.02.